The number of pyridine rings is 1. The Morgan fingerprint density at radius 2 is 2.19 bits per heavy atom. The summed E-state index contributed by atoms with van der Waals surface area (Å²) in [6.45, 7) is 7.71. The van der Waals surface area contributed by atoms with Gasteiger partial charge in [0.15, 0.2) is 0 Å². The van der Waals surface area contributed by atoms with Crippen molar-refractivity contribution < 1.29 is 4.92 Å². The highest BCUT2D eigenvalue weighted by molar-refractivity contribution is 9.10. The molecule has 1 aliphatic rings. The first-order valence-electron chi connectivity index (χ1n) is 6.94. The molecule has 116 valence electrons. The Hall–Kier alpha value is -1.25. The standard InChI is InChI=1S/C13H20BrN5O2/c1-10-11(19(20)21)9-16-13(12(10)14)17(2)7-8-18-5-3-15-4-6-18/h9,15H,3-8H2,1-2H3. The number of hydrogen-bond acceptors (Lipinski definition) is 6. The van der Waals surface area contributed by atoms with E-state index in [0.717, 1.165) is 45.1 Å². The quantitative estimate of drug-likeness (QED) is 0.634. The molecule has 0 bridgehead atoms. The Balaban J connectivity index is 2.03. The van der Waals surface area contributed by atoms with Crippen LogP contribution in [0.25, 0.3) is 0 Å². The van der Waals surface area contributed by atoms with Crippen molar-refractivity contribution in [3.8, 4) is 0 Å². The number of likely N-dealkylation sites (N-methyl/N-ethyl adjacent to an activating group) is 1. The smallest absolute Gasteiger partial charge is 0.291 e. The van der Waals surface area contributed by atoms with Crippen molar-refractivity contribution in [3.63, 3.8) is 0 Å². The summed E-state index contributed by atoms with van der Waals surface area (Å²) in [4.78, 5) is 19.2. The lowest BCUT2D eigenvalue weighted by Crippen LogP contribution is -2.46. The summed E-state index contributed by atoms with van der Waals surface area (Å²) in [6.07, 6.45) is 1.33. The van der Waals surface area contributed by atoms with Crippen LogP contribution in [0.5, 0.6) is 0 Å². The van der Waals surface area contributed by atoms with Gasteiger partial charge in [-0.15, -0.1) is 0 Å². The predicted molar refractivity (Wildman–Crippen MR) is 85.9 cm³/mol. The van der Waals surface area contributed by atoms with Crippen molar-refractivity contribution in [2.24, 2.45) is 0 Å². The molecule has 1 aromatic heterocycles. The normalized spacial score (nSPS) is 16.0. The van der Waals surface area contributed by atoms with Gasteiger partial charge >= 0.3 is 0 Å². The molecule has 2 heterocycles. The van der Waals surface area contributed by atoms with E-state index in [9.17, 15) is 10.1 Å². The Bertz CT molecular complexity index is 520. The Kier molecular flexibility index (Phi) is 5.49. The molecule has 0 atom stereocenters. The first-order valence-corrected chi connectivity index (χ1v) is 7.73. The van der Waals surface area contributed by atoms with Crippen LogP contribution in [0.15, 0.2) is 10.7 Å². The largest absolute Gasteiger partial charge is 0.357 e. The van der Waals surface area contributed by atoms with E-state index in [1.54, 1.807) is 6.92 Å². The molecule has 1 N–H and O–H groups in total. The molecule has 0 unspecified atom stereocenters. The highest BCUT2D eigenvalue weighted by Crippen LogP contribution is 2.32. The van der Waals surface area contributed by atoms with E-state index in [0.29, 0.717) is 10.0 Å². The van der Waals surface area contributed by atoms with Crippen molar-refractivity contribution in [2.45, 2.75) is 6.92 Å². The Morgan fingerprint density at radius 3 is 2.81 bits per heavy atom. The third kappa shape index (κ3) is 3.90. The summed E-state index contributed by atoms with van der Waals surface area (Å²) in [7, 11) is 1.96. The second kappa shape index (κ2) is 7.15. The van der Waals surface area contributed by atoms with Gasteiger partial charge in [-0.3, -0.25) is 15.0 Å². The summed E-state index contributed by atoms with van der Waals surface area (Å²) in [5, 5.41) is 14.2. The summed E-state index contributed by atoms with van der Waals surface area (Å²) in [5.74, 6) is 0.744. The topological polar surface area (TPSA) is 74.5 Å². The van der Waals surface area contributed by atoms with E-state index >= 15 is 0 Å². The average molecular weight is 358 g/mol. The second-order valence-corrected chi connectivity index (χ2v) is 5.97. The minimum Gasteiger partial charge on any atom is -0.357 e. The number of nitrogens with zero attached hydrogens (tertiary/aromatic N) is 4. The molecule has 0 aromatic carbocycles. The molecular formula is C13H20BrN5O2. The SMILES string of the molecule is Cc1c([N+](=O)[O-])cnc(N(C)CCN2CCNCC2)c1Br. The van der Waals surface area contributed by atoms with Gasteiger partial charge in [-0.05, 0) is 22.9 Å². The van der Waals surface area contributed by atoms with Crippen molar-refractivity contribution in [1.29, 1.82) is 0 Å². The minimum atomic E-state index is -0.405. The zero-order valence-electron chi connectivity index (χ0n) is 12.3. The van der Waals surface area contributed by atoms with Gasteiger partial charge in [-0.2, -0.15) is 0 Å². The lowest BCUT2D eigenvalue weighted by Gasteiger charge is -2.29. The molecule has 0 radical (unpaired) electrons. The Labute approximate surface area is 132 Å². The van der Waals surface area contributed by atoms with E-state index < -0.39 is 4.92 Å². The van der Waals surface area contributed by atoms with Crippen LogP contribution in [-0.4, -0.2) is 61.1 Å². The monoisotopic (exact) mass is 357 g/mol. The maximum atomic E-state index is 10.9. The van der Waals surface area contributed by atoms with Gasteiger partial charge in [0, 0.05) is 51.9 Å². The summed E-state index contributed by atoms with van der Waals surface area (Å²) >= 11 is 3.43. The number of halogens is 1. The summed E-state index contributed by atoms with van der Waals surface area (Å²) in [6, 6.07) is 0. The highest BCUT2D eigenvalue weighted by Gasteiger charge is 2.19. The maximum Gasteiger partial charge on any atom is 0.291 e. The van der Waals surface area contributed by atoms with Crippen LogP contribution in [0, 0.1) is 17.0 Å². The minimum absolute atomic E-state index is 0.0427. The van der Waals surface area contributed by atoms with E-state index in [-0.39, 0.29) is 5.69 Å². The van der Waals surface area contributed by atoms with Gasteiger partial charge in [-0.25, -0.2) is 4.98 Å². The lowest BCUT2D eigenvalue weighted by molar-refractivity contribution is -0.385. The number of anilines is 1. The average Bonchev–Trinajstić information content (AvgIpc) is 2.48. The van der Waals surface area contributed by atoms with Gasteiger partial charge in [0.25, 0.3) is 5.69 Å². The third-order valence-electron chi connectivity index (χ3n) is 3.74. The molecule has 1 aliphatic heterocycles. The zero-order chi connectivity index (χ0) is 15.4. The number of nitrogens with one attached hydrogen (secondary N) is 1. The van der Waals surface area contributed by atoms with Crippen LogP contribution in [0.1, 0.15) is 5.56 Å². The number of hydrogen-bond donors (Lipinski definition) is 1. The molecular weight excluding hydrogens is 338 g/mol. The number of rotatable bonds is 5. The number of piperazine rings is 1. The van der Waals surface area contributed by atoms with E-state index in [2.05, 4.69) is 31.1 Å². The van der Waals surface area contributed by atoms with Crippen molar-refractivity contribution in [1.82, 2.24) is 15.2 Å². The molecule has 0 aliphatic carbocycles. The molecule has 2 rings (SSSR count). The molecule has 7 nitrogen and oxygen atoms in total. The van der Waals surface area contributed by atoms with Crippen molar-refractivity contribution >= 4 is 27.4 Å². The second-order valence-electron chi connectivity index (χ2n) is 5.18. The Morgan fingerprint density at radius 1 is 1.52 bits per heavy atom. The van der Waals surface area contributed by atoms with Crippen LogP contribution in [-0.2, 0) is 0 Å². The molecule has 0 saturated carbocycles. The van der Waals surface area contributed by atoms with E-state index in [1.165, 1.54) is 6.20 Å². The summed E-state index contributed by atoms with van der Waals surface area (Å²) in [5.41, 5.74) is 0.653. The van der Waals surface area contributed by atoms with Crippen LogP contribution in [0.2, 0.25) is 0 Å². The van der Waals surface area contributed by atoms with E-state index in [1.807, 2.05) is 11.9 Å². The first kappa shape index (κ1) is 16.1. The fourth-order valence-corrected chi connectivity index (χ4v) is 2.95. The highest BCUT2D eigenvalue weighted by atomic mass is 79.9. The molecule has 8 heteroatoms. The van der Waals surface area contributed by atoms with Gasteiger partial charge in [-0.1, -0.05) is 0 Å². The van der Waals surface area contributed by atoms with Crippen molar-refractivity contribution in [2.75, 3.05) is 51.2 Å². The van der Waals surface area contributed by atoms with Crippen LogP contribution in [0.3, 0.4) is 0 Å². The molecule has 1 saturated heterocycles. The first-order chi connectivity index (χ1) is 10.0. The summed E-state index contributed by atoms with van der Waals surface area (Å²) < 4.78 is 0.694. The lowest BCUT2D eigenvalue weighted by atomic mass is 10.2. The van der Waals surface area contributed by atoms with Gasteiger partial charge in [0.05, 0.1) is 9.40 Å². The number of nitro groups is 1. The van der Waals surface area contributed by atoms with E-state index in [4.69, 9.17) is 0 Å². The van der Waals surface area contributed by atoms with Crippen LogP contribution in [0.4, 0.5) is 11.5 Å². The zero-order valence-corrected chi connectivity index (χ0v) is 13.9. The van der Waals surface area contributed by atoms with Crippen LogP contribution >= 0.6 is 15.9 Å². The predicted octanol–water partition coefficient (Wildman–Crippen LogP) is 1.40. The number of aromatic nitrogens is 1. The van der Waals surface area contributed by atoms with Gasteiger partial charge < -0.3 is 10.2 Å². The fraction of sp³-hybridized carbons (Fsp3) is 0.615. The molecule has 1 fully saturated rings. The molecule has 0 spiro atoms. The third-order valence-corrected chi connectivity index (χ3v) is 4.69. The molecule has 0 amide bonds. The van der Waals surface area contributed by atoms with Crippen molar-refractivity contribution in [3.05, 3.63) is 26.3 Å². The molecule has 21 heavy (non-hydrogen) atoms. The van der Waals surface area contributed by atoms with Crippen LogP contribution < -0.4 is 10.2 Å². The fourth-order valence-electron chi connectivity index (χ4n) is 2.34. The molecule has 1 aromatic rings. The van der Waals surface area contributed by atoms with Gasteiger partial charge in [0.1, 0.15) is 12.0 Å². The van der Waals surface area contributed by atoms with Gasteiger partial charge in [0.2, 0.25) is 0 Å². The maximum absolute atomic E-state index is 10.9.